The number of ether oxygens (including phenoxy) is 3. The van der Waals surface area contributed by atoms with Crippen LogP contribution in [0.15, 0.2) is 24.3 Å². The Kier molecular flexibility index (Phi) is 6.37. The second kappa shape index (κ2) is 8.20. The number of carbonyl (C=O) groups excluding carboxylic acids is 2. The van der Waals surface area contributed by atoms with Gasteiger partial charge in [-0.15, -0.1) is 0 Å². The van der Waals surface area contributed by atoms with Gasteiger partial charge in [-0.2, -0.15) is 0 Å². The predicted octanol–water partition coefficient (Wildman–Crippen LogP) is 3.68. The molecule has 1 unspecified atom stereocenters. The zero-order valence-corrected chi connectivity index (χ0v) is 17.7. The molecule has 0 bridgehead atoms. The van der Waals surface area contributed by atoms with Crippen LogP contribution in [0.5, 0.6) is 5.88 Å². The van der Waals surface area contributed by atoms with E-state index in [1.807, 2.05) is 39.0 Å². The van der Waals surface area contributed by atoms with E-state index in [4.69, 9.17) is 14.2 Å². The second-order valence-electron chi connectivity index (χ2n) is 8.75. The van der Waals surface area contributed by atoms with Crippen molar-refractivity contribution in [3.05, 3.63) is 30.0 Å². The zero-order chi connectivity index (χ0) is 21.1. The second-order valence-corrected chi connectivity index (χ2v) is 8.75. The maximum Gasteiger partial charge on any atom is 0.410 e. The third-order valence-electron chi connectivity index (χ3n) is 4.01. The van der Waals surface area contributed by atoms with Crippen LogP contribution in [-0.4, -0.2) is 53.9 Å². The lowest BCUT2D eigenvalue weighted by atomic mass is 9.96. The number of carbonyl (C=O) groups is 2. The Balaban J connectivity index is 2.32. The topological polar surface area (TPSA) is 78.0 Å². The number of aromatic nitrogens is 1. The molecular weight excluding hydrogens is 360 g/mol. The van der Waals surface area contributed by atoms with Crippen molar-refractivity contribution in [1.82, 2.24) is 9.88 Å². The Labute approximate surface area is 166 Å². The molecule has 28 heavy (non-hydrogen) atoms. The number of pyridine rings is 1. The summed E-state index contributed by atoms with van der Waals surface area (Å²) in [5.74, 6) is 0.117. The Hall–Kier alpha value is -2.57. The number of hydrogen-bond acceptors (Lipinski definition) is 6. The lowest BCUT2D eigenvalue weighted by Gasteiger charge is -2.34. The van der Waals surface area contributed by atoms with Crippen LogP contribution in [0.1, 0.15) is 47.2 Å². The average Bonchev–Trinajstić information content (AvgIpc) is 2.59. The first kappa shape index (κ1) is 21.7. The first-order chi connectivity index (χ1) is 12.9. The van der Waals surface area contributed by atoms with Crippen molar-refractivity contribution in [3.8, 4) is 5.88 Å². The minimum atomic E-state index is -0.666. The van der Waals surface area contributed by atoms with Crippen LogP contribution >= 0.6 is 0 Å². The largest absolute Gasteiger partial charge is 0.481 e. The minimum absolute atomic E-state index is 0.196. The fourth-order valence-corrected chi connectivity index (χ4v) is 2.55. The third kappa shape index (κ3) is 5.71. The molecule has 0 saturated carbocycles. The molecule has 7 heteroatoms. The van der Waals surface area contributed by atoms with Gasteiger partial charge in [0.15, 0.2) is 0 Å². The summed E-state index contributed by atoms with van der Waals surface area (Å²) in [5, 5.41) is 0. The van der Waals surface area contributed by atoms with E-state index in [2.05, 4.69) is 4.98 Å². The molecule has 0 N–H and O–H groups in total. The van der Waals surface area contributed by atoms with Crippen LogP contribution in [-0.2, 0) is 14.3 Å². The summed E-state index contributed by atoms with van der Waals surface area (Å²) in [6.45, 7) is 11.3. The van der Waals surface area contributed by atoms with Crippen molar-refractivity contribution in [2.45, 2.75) is 53.2 Å². The van der Waals surface area contributed by atoms with Gasteiger partial charge >= 0.3 is 12.1 Å². The van der Waals surface area contributed by atoms with Gasteiger partial charge < -0.3 is 19.1 Å². The number of esters is 1. The van der Waals surface area contributed by atoms with E-state index in [-0.39, 0.29) is 12.5 Å². The van der Waals surface area contributed by atoms with Gasteiger partial charge in [-0.1, -0.05) is 12.1 Å². The number of methoxy groups -OCH3 is 1. The van der Waals surface area contributed by atoms with Crippen LogP contribution in [0.3, 0.4) is 0 Å². The third-order valence-corrected chi connectivity index (χ3v) is 4.01. The summed E-state index contributed by atoms with van der Waals surface area (Å²) in [6.07, 6.45) is 0.751. The fraction of sp³-hybridized carbons (Fsp3) is 0.571. The van der Waals surface area contributed by atoms with Crippen LogP contribution in [0, 0.1) is 5.41 Å². The molecule has 1 aromatic heterocycles. The monoisotopic (exact) mass is 390 g/mol. The number of hydrogen-bond donors (Lipinski definition) is 0. The van der Waals surface area contributed by atoms with Gasteiger partial charge in [-0.3, -0.25) is 4.79 Å². The van der Waals surface area contributed by atoms with E-state index in [0.717, 1.165) is 5.57 Å². The van der Waals surface area contributed by atoms with E-state index in [0.29, 0.717) is 18.1 Å². The first-order valence-corrected chi connectivity index (χ1v) is 9.31. The molecule has 0 aromatic carbocycles. The highest BCUT2D eigenvalue weighted by molar-refractivity contribution is 5.79. The van der Waals surface area contributed by atoms with Crippen molar-refractivity contribution in [1.29, 1.82) is 0 Å². The molecule has 0 saturated heterocycles. The van der Waals surface area contributed by atoms with Crippen molar-refractivity contribution >= 4 is 17.6 Å². The highest BCUT2D eigenvalue weighted by atomic mass is 16.6. The maximum atomic E-state index is 12.5. The molecule has 1 aliphatic heterocycles. The van der Waals surface area contributed by atoms with Gasteiger partial charge in [-0.05, 0) is 47.6 Å². The molecule has 154 valence electrons. The molecule has 7 nitrogen and oxygen atoms in total. The molecule has 1 aromatic rings. The zero-order valence-electron chi connectivity index (χ0n) is 17.7. The van der Waals surface area contributed by atoms with Gasteiger partial charge in [0.05, 0.1) is 24.8 Å². The Bertz CT molecular complexity index is 759. The smallest absolute Gasteiger partial charge is 0.410 e. The Morgan fingerprint density at radius 3 is 2.39 bits per heavy atom. The summed E-state index contributed by atoms with van der Waals surface area (Å²) < 4.78 is 16.4. The van der Waals surface area contributed by atoms with Gasteiger partial charge in [0.2, 0.25) is 5.88 Å². The summed E-state index contributed by atoms with van der Waals surface area (Å²) in [5.41, 5.74) is 0.125. The predicted molar refractivity (Wildman–Crippen MR) is 106 cm³/mol. The van der Waals surface area contributed by atoms with Crippen LogP contribution in [0.2, 0.25) is 0 Å². The fourth-order valence-electron chi connectivity index (χ4n) is 2.55. The molecule has 1 aliphatic rings. The highest BCUT2D eigenvalue weighted by Crippen LogP contribution is 2.28. The van der Waals surface area contributed by atoms with E-state index in [9.17, 15) is 9.59 Å². The van der Waals surface area contributed by atoms with Crippen LogP contribution < -0.4 is 4.74 Å². The van der Waals surface area contributed by atoms with E-state index in [1.165, 1.54) is 4.90 Å². The summed E-state index contributed by atoms with van der Waals surface area (Å²) in [6, 6.07) is 5.40. The van der Waals surface area contributed by atoms with E-state index < -0.39 is 23.2 Å². The maximum absolute atomic E-state index is 12.5. The minimum Gasteiger partial charge on any atom is -0.481 e. The van der Waals surface area contributed by atoms with Crippen LogP contribution in [0.4, 0.5) is 4.79 Å². The Morgan fingerprint density at radius 2 is 1.82 bits per heavy atom. The summed E-state index contributed by atoms with van der Waals surface area (Å²) in [4.78, 5) is 31.0. The van der Waals surface area contributed by atoms with E-state index in [1.54, 1.807) is 33.9 Å². The molecule has 0 fully saturated rings. The van der Waals surface area contributed by atoms with Gasteiger partial charge in [0.1, 0.15) is 11.7 Å². The first-order valence-electron chi connectivity index (χ1n) is 9.31. The summed E-state index contributed by atoms with van der Waals surface area (Å²) >= 11 is 0. The standard InChI is InChI=1S/C21H30N2O5/c1-20(2,3)18(24)27-16-13-23(19(25)28-21(4,5)6)12-11-14(16)15-9-8-10-17(22-15)26-7/h8-11,16H,12-13H2,1-7H3. The molecular formula is C21H30N2O5. The lowest BCUT2D eigenvalue weighted by molar-refractivity contribution is -0.156. The normalized spacial score (nSPS) is 17.6. The number of amides is 1. The average molecular weight is 390 g/mol. The molecule has 1 atom stereocenters. The number of nitrogens with zero attached hydrogens (tertiary/aromatic N) is 2. The SMILES string of the molecule is COc1cccc(C2=CCN(C(=O)OC(C)(C)C)CC2OC(=O)C(C)(C)C)n1. The van der Waals surface area contributed by atoms with Crippen molar-refractivity contribution in [2.75, 3.05) is 20.2 Å². The summed E-state index contributed by atoms with van der Waals surface area (Å²) in [7, 11) is 1.54. The Morgan fingerprint density at radius 1 is 1.14 bits per heavy atom. The molecule has 1 amide bonds. The number of rotatable bonds is 3. The molecule has 2 rings (SSSR count). The van der Waals surface area contributed by atoms with Crippen LogP contribution in [0.25, 0.3) is 5.57 Å². The molecule has 2 heterocycles. The van der Waals surface area contributed by atoms with Gasteiger partial charge in [-0.25, -0.2) is 9.78 Å². The van der Waals surface area contributed by atoms with E-state index >= 15 is 0 Å². The van der Waals surface area contributed by atoms with Crippen molar-refractivity contribution in [3.63, 3.8) is 0 Å². The molecule has 0 radical (unpaired) electrons. The van der Waals surface area contributed by atoms with Crippen molar-refractivity contribution in [2.24, 2.45) is 5.41 Å². The van der Waals surface area contributed by atoms with Crippen molar-refractivity contribution < 1.29 is 23.8 Å². The van der Waals surface area contributed by atoms with Gasteiger partial charge in [0, 0.05) is 18.2 Å². The molecule has 0 spiro atoms. The van der Waals surface area contributed by atoms with Gasteiger partial charge in [0.25, 0.3) is 0 Å². The lowest BCUT2D eigenvalue weighted by Crippen LogP contribution is -2.46. The highest BCUT2D eigenvalue weighted by Gasteiger charge is 2.34. The molecule has 0 aliphatic carbocycles. The quantitative estimate of drug-likeness (QED) is 0.733.